The Balaban J connectivity index is 1.38. The van der Waals surface area contributed by atoms with Crippen molar-refractivity contribution in [3.8, 4) is 0 Å². The van der Waals surface area contributed by atoms with Crippen LogP contribution in [0.25, 0.3) is 0 Å². The van der Waals surface area contributed by atoms with Gasteiger partial charge < -0.3 is 10.2 Å². The Morgan fingerprint density at radius 1 is 1.23 bits per heavy atom. The summed E-state index contributed by atoms with van der Waals surface area (Å²) in [5.74, 6) is 0. The van der Waals surface area contributed by atoms with Crippen LogP contribution in [-0.2, 0) is 6.42 Å². The van der Waals surface area contributed by atoms with Gasteiger partial charge in [0, 0.05) is 19.6 Å². The molecule has 1 aromatic carbocycles. The highest BCUT2D eigenvalue weighted by atomic mass is 16.2. The van der Waals surface area contributed by atoms with Gasteiger partial charge in [-0.1, -0.05) is 30.3 Å². The number of hydrogen-bond acceptors (Lipinski definition) is 3. The number of likely N-dealkylation sites (tertiary alicyclic amines) is 1. The Kier molecular flexibility index (Phi) is 4.68. The van der Waals surface area contributed by atoms with Crippen molar-refractivity contribution in [1.82, 2.24) is 25.2 Å². The lowest BCUT2D eigenvalue weighted by Crippen LogP contribution is -2.39. The molecule has 1 aliphatic rings. The maximum Gasteiger partial charge on any atom is 0.317 e. The van der Waals surface area contributed by atoms with Crippen LogP contribution in [0.15, 0.2) is 42.7 Å². The van der Waals surface area contributed by atoms with Gasteiger partial charge in [0.1, 0.15) is 0 Å². The van der Waals surface area contributed by atoms with E-state index in [0.29, 0.717) is 13.1 Å². The van der Waals surface area contributed by atoms with Crippen LogP contribution in [0.2, 0.25) is 0 Å². The summed E-state index contributed by atoms with van der Waals surface area (Å²) < 4.78 is 0. The Bertz CT molecular complexity index is 584. The van der Waals surface area contributed by atoms with Gasteiger partial charge in [-0.25, -0.2) is 4.79 Å². The molecule has 6 nitrogen and oxygen atoms in total. The zero-order chi connectivity index (χ0) is 15.2. The number of urea groups is 1. The fourth-order valence-corrected chi connectivity index (χ4v) is 2.77. The van der Waals surface area contributed by atoms with E-state index >= 15 is 0 Å². The minimum atomic E-state index is 0.0164. The minimum absolute atomic E-state index is 0.0164. The van der Waals surface area contributed by atoms with E-state index in [9.17, 15) is 4.79 Å². The number of carbonyl (C=O) groups excluding carboxylic acids is 1. The maximum atomic E-state index is 12.1. The fourth-order valence-electron chi connectivity index (χ4n) is 2.77. The molecule has 0 aliphatic carbocycles. The average Bonchev–Trinajstić information content (AvgIpc) is 3.22. The number of rotatable bonds is 5. The summed E-state index contributed by atoms with van der Waals surface area (Å²) in [5.41, 5.74) is 1.31. The van der Waals surface area contributed by atoms with Crippen molar-refractivity contribution in [2.75, 3.05) is 19.6 Å². The van der Waals surface area contributed by atoms with Crippen molar-refractivity contribution in [3.05, 3.63) is 48.3 Å². The van der Waals surface area contributed by atoms with Crippen LogP contribution in [0, 0.1) is 0 Å². The third kappa shape index (κ3) is 3.63. The molecule has 0 spiro atoms. The molecule has 1 aromatic heterocycles. The molecule has 1 saturated heterocycles. The number of carbonyl (C=O) groups is 1. The normalized spacial score (nSPS) is 17.6. The lowest BCUT2D eigenvalue weighted by molar-refractivity contribution is 0.206. The zero-order valence-electron chi connectivity index (χ0n) is 12.6. The van der Waals surface area contributed by atoms with Crippen LogP contribution in [0.3, 0.4) is 0 Å². The fraction of sp³-hybridized carbons (Fsp3) is 0.438. The summed E-state index contributed by atoms with van der Waals surface area (Å²) in [6.07, 6.45) is 6.19. The molecule has 1 N–H and O–H groups in total. The smallest absolute Gasteiger partial charge is 0.317 e. The van der Waals surface area contributed by atoms with Gasteiger partial charge in [0.15, 0.2) is 0 Å². The first kappa shape index (κ1) is 14.6. The maximum absolute atomic E-state index is 12.1. The molecule has 0 bridgehead atoms. The van der Waals surface area contributed by atoms with E-state index in [-0.39, 0.29) is 12.1 Å². The lowest BCUT2D eigenvalue weighted by Gasteiger charge is -2.17. The Labute approximate surface area is 130 Å². The summed E-state index contributed by atoms with van der Waals surface area (Å²) in [4.78, 5) is 15.7. The van der Waals surface area contributed by atoms with Crippen LogP contribution >= 0.6 is 0 Å². The second kappa shape index (κ2) is 7.06. The number of aromatic nitrogens is 3. The highest BCUT2D eigenvalue weighted by Gasteiger charge is 2.28. The molecule has 3 rings (SSSR count). The molecular formula is C16H21N5O. The molecule has 116 valence electrons. The SMILES string of the molecule is O=C(NCCCc1ccccc1)N1CCC(n2nccn2)C1. The van der Waals surface area contributed by atoms with Crippen molar-refractivity contribution in [1.29, 1.82) is 0 Å². The molecule has 0 saturated carbocycles. The van der Waals surface area contributed by atoms with Crippen molar-refractivity contribution < 1.29 is 4.79 Å². The van der Waals surface area contributed by atoms with Crippen LogP contribution in [0.4, 0.5) is 4.79 Å². The number of hydrogen-bond donors (Lipinski definition) is 1. The molecule has 2 amide bonds. The van der Waals surface area contributed by atoms with Crippen LogP contribution in [0.5, 0.6) is 0 Å². The molecule has 1 fully saturated rings. The number of benzene rings is 1. The summed E-state index contributed by atoms with van der Waals surface area (Å²) in [6, 6.07) is 10.5. The monoisotopic (exact) mass is 299 g/mol. The van der Waals surface area contributed by atoms with E-state index in [1.54, 1.807) is 17.2 Å². The predicted molar refractivity (Wildman–Crippen MR) is 83.4 cm³/mol. The van der Waals surface area contributed by atoms with E-state index in [1.807, 2.05) is 23.1 Å². The first-order valence-electron chi connectivity index (χ1n) is 7.75. The van der Waals surface area contributed by atoms with E-state index in [1.165, 1.54) is 5.56 Å². The quantitative estimate of drug-likeness (QED) is 0.857. The molecule has 2 aromatic rings. The largest absolute Gasteiger partial charge is 0.338 e. The van der Waals surface area contributed by atoms with E-state index in [4.69, 9.17) is 0 Å². The van der Waals surface area contributed by atoms with Crippen LogP contribution < -0.4 is 5.32 Å². The Morgan fingerprint density at radius 3 is 2.77 bits per heavy atom. The molecule has 1 aliphatic heterocycles. The molecule has 6 heteroatoms. The van der Waals surface area contributed by atoms with Gasteiger partial charge in [0.05, 0.1) is 18.4 Å². The second-order valence-corrected chi connectivity index (χ2v) is 5.56. The molecule has 0 radical (unpaired) electrons. The molecule has 1 atom stereocenters. The van der Waals surface area contributed by atoms with Gasteiger partial charge in [-0.3, -0.25) is 0 Å². The Hall–Kier alpha value is -2.37. The summed E-state index contributed by atoms with van der Waals surface area (Å²) in [6.45, 7) is 2.14. The van der Waals surface area contributed by atoms with Crippen LogP contribution in [-0.4, -0.2) is 45.6 Å². The standard InChI is InChI=1S/C16H21N5O/c22-16(17-9-4-7-14-5-2-1-3-6-14)20-12-8-15(13-20)21-18-10-11-19-21/h1-3,5-6,10-11,15H,4,7-9,12-13H2,(H,17,22). The molecule has 2 heterocycles. The van der Waals surface area contributed by atoms with Gasteiger partial charge in [0.25, 0.3) is 0 Å². The van der Waals surface area contributed by atoms with Gasteiger partial charge in [-0.05, 0) is 24.8 Å². The van der Waals surface area contributed by atoms with Gasteiger partial charge in [-0.2, -0.15) is 15.0 Å². The number of nitrogens with one attached hydrogen (secondary N) is 1. The lowest BCUT2D eigenvalue weighted by atomic mass is 10.1. The van der Waals surface area contributed by atoms with Crippen molar-refractivity contribution in [2.45, 2.75) is 25.3 Å². The van der Waals surface area contributed by atoms with E-state index < -0.39 is 0 Å². The second-order valence-electron chi connectivity index (χ2n) is 5.56. The van der Waals surface area contributed by atoms with Crippen molar-refractivity contribution in [2.24, 2.45) is 0 Å². The summed E-state index contributed by atoms with van der Waals surface area (Å²) in [5, 5.41) is 11.3. The minimum Gasteiger partial charge on any atom is -0.338 e. The highest BCUT2D eigenvalue weighted by molar-refractivity contribution is 5.74. The number of amides is 2. The first-order chi connectivity index (χ1) is 10.8. The summed E-state index contributed by atoms with van der Waals surface area (Å²) >= 11 is 0. The highest BCUT2D eigenvalue weighted by Crippen LogP contribution is 2.19. The van der Waals surface area contributed by atoms with Gasteiger partial charge in [-0.15, -0.1) is 0 Å². The third-order valence-corrected chi connectivity index (χ3v) is 3.98. The topological polar surface area (TPSA) is 63.1 Å². The predicted octanol–water partition coefficient (Wildman–Crippen LogP) is 1.87. The molecule has 22 heavy (non-hydrogen) atoms. The van der Waals surface area contributed by atoms with Gasteiger partial charge >= 0.3 is 6.03 Å². The number of aryl methyl sites for hydroxylation is 1. The number of nitrogens with zero attached hydrogens (tertiary/aromatic N) is 4. The zero-order valence-corrected chi connectivity index (χ0v) is 12.6. The van der Waals surface area contributed by atoms with E-state index in [0.717, 1.165) is 25.8 Å². The molecule has 1 unspecified atom stereocenters. The molecular weight excluding hydrogens is 278 g/mol. The summed E-state index contributed by atoms with van der Waals surface area (Å²) in [7, 11) is 0. The van der Waals surface area contributed by atoms with Crippen LogP contribution in [0.1, 0.15) is 24.4 Å². The van der Waals surface area contributed by atoms with Gasteiger partial charge in [0.2, 0.25) is 0 Å². The Morgan fingerprint density at radius 2 is 2.00 bits per heavy atom. The van der Waals surface area contributed by atoms with E-state index in [2.05, 4.69) is 27.6 Å². The first-order valence-corrected chi connectivity index (χ1v) is 7.75. The van der Waals surface area contributed by atoms with Crippen molar-refractivity contribution >= 4 is 6.03 Å². The average molecular weight is 299 g/mol. The van der Waals surface area contributed by atoms with Crippen molar-refractivity contribution in [3.63, 3.8) is 0 Å². The third-order valence-electron chi connectivity index (χ3n) is 3.98.